The summed E-state index contributed by atoms with van der Waals surface area (Å²) >= 11 is 1.50. The van der Waals surface area contributed by atoms with Crippen LogP contribution in [0.3, 0.4) is 0 Å². The summed E-state index contributed by atoms with van der Waals surface area (Å²) in [7, 11) is 0. The quantitative estimate of drug-likeness (QED) is 0.285. The van der Waals surface area contributed by atoms with Crippen LogP contribution in [0.2, 0.25) is 0 Å². The molecule has 11 heteroatoms. The molecule has 0 saturated heterocycles. The molecule has 4 aromatic heterocycles. The number of aromatic nitrogens is 6. The molecule has 204 valence electrons. The van der Waals surface area contributed by atoms with Crippen LogP contribution in [-0.2, 0) is 11.3 Å². The molecule has 40 heavy (non-hydrogen) atoms. The van der Waals surface area contributed by atoms with Crippen molar-refractivity contribution in [3.05, 3.63) is 76.6 Å². The van der Waals surface area contributed by atoms with Gasteiger partial charge in [0.15, 0.2) is 11.5 Å². The molecule has 1 fully saturated rings. The highest BCUT2D eigenvalue weighted by molar-refractivity contribution is 7.09. The van der Waals surface area contributed by atoms with Gasteiger partial charge in [0.05, 0.1) is 28.6 Å². The van der Waals surface area contributed by atoms with Gasteiger partial charge < -0.3 is 5.11 Å². The van der Waals surface area contributed by atoms with E-state index in [0.29, 0.717) is 11.6 Å². The topological polar surface area (TPSA) is 119 Å². The number of rotatable bonds is 7. The lowest BCUT2D eigenvalue weighted by Crippen LogP contribution is -2.38. The maximum atomic E-state index is 13.9. The molecule has 1 aliphatic rings. The number of carbonyl (C=O) groups excluding carboxylic acids is 1. The molecule has 0 unspecified atom stereocenters. The van der Waals surface area contributed by atoms with E-state index in [1.165, 1.54) is 27.1 Å². The fourth-order valence-electron chi connectivity index (χ4n) is 5.23. The number of hydrogen-bond acceptors (Lipinski definition) is 7. The number of aryl methyl sites for hydroxylation is 1. The summed E-state index contributed by atoms with van der Waals surface area (Å²) in [6, 6.07) is 11.2. The zero-order valence-electron chi connectivity index (χ0n) is 22.3. The fraction of sp³-hybridized carbons (Fsp3) is 0.310. The van der Waals surface area contributed by atoms with Crippen molar-refractivity contribution in [2.24, 2.45) is 11.8 Å². The largest absolute Gasteiger partial charge is 0.477 e. The van der Waals surface area contributed by atoms with Crippen molar-refractivity contribution < 1.29 is 14.7 Å². The van der Waals surface area contributed by atoms with E-state index in [1.807, 2.05) is 54.9 Å². The summed E-state index contributed by atoms with van der Waals surface area (Å²) in [6.45, 7) is 4.29. The Morgan fingerprint density at radius 1 is 1.12 bits per heavy atom. The second-order valence-corrected chi connectivity index (χ2v) is 11.4. The van der Waals surface area contributed by atoms with Gasteiger partial charge in [-0.15, -0.1) is 16.4 Å². The van der Waals surface area contributed by atoms with Crippen molar-refractivity contribution in [1.29, 1.82) is 0 Å². The Morgan fingerprint density at radius 3 is 2.58 bits per heavy atom. The molecule has 0 atom stereocenters. The first-order chi connectivity index (χ1) is 19.4. The monoisotopic (exact) mass is 555 g/mol. The first-order valence-electron chi connectivity index (χ1n) is 13.3. The summed E-state index contributed by atoms with van der Waals surface area (Å²) in [5.74, 6) is -0.674. The van der Waals surface area contributed by atoms with Gasteiger partial charge in [-0.05, 0) is 56.7 Å². The third kappa shape index (κ3) is 5.12. The number of nitrogens with zero attached hydrogens (tertiary/aromatic N) is 7. The third-order valence-corrected chi connectivity index (χ3v) is 8.28. The summed E-state index contributed by atoms with van der Waals surface area (Å²) in [6.07, 6.45) is 8.57. The molecular formula is C29H29N7O3S. The van der Waals surface area contributed by atoms with Gasteiger partial charge in [-0.1, -0.05) is 19.1 Å². The number of carboxylic acid groups (broad SMARTS) is 1. The van der Waals surface area contributed by atoms with Gasteiger partial charge >= 0.3 is 5.97 Å². The van der Waals surface area contributed by atoms with E-state index in [4.69, 9.17) is 0 Å². The molecule has 0 spiro atoms. The minimum Gasteiger partial charge on any atom is -0.477 e. The molecule has 0 bridgehead atoms. The van der Waals surface area contributed by atoms with Gasteiger partial charge in [0, 0.05) is 41.5 Å². The maximum absolute atomic E-state index is 13.9. The lowest BCUT2D eigenvalue weighted by Gasteiger charge is -2.30. The Kier molecular flexibility index (Phi) is 6.89. The second kappa shape index (κ2) is 10.6. The smallest absolute Gasteiger partial charge is 0.341 e. The molecule has 4 heterocycles. The number of thiazole rings is 1. The van der Waals surface area contributed by atoms with Crippen LogP contribution >= 0.6 is 11.3 Å². The van der Waals surface area contributed by atoms with Gasteiger partial charge in [-0.25, -0.2) is 24.0 Å². The normalized spacial score (nSPS) is 17.2. The molecule has 1 aliphatic carbocycles. The Morgan fingerprint density at radius 2 is 1.90 bits per heavy atom. The van der Waals surface area contributed by atoms with Gasteiger partial charge in [0.1, 0.15) is 5.56 Å². The number of carbonyl (C=O) groups is 2. The number of benzene rings is 1. The number of amides is 1. The van der Waals surface area contributed by atoms with Gasteiger partial charge in [0.2, 0.25) is 5.91 Å². The van der Waals surface area contributed by atoms with Crippen molar-refractivity contribution in [3.8, 4) is 16.9 Å². The van der Waals surface area contributed by atoms with Crippen LogP contribution in [0, 0.1) is 18.8 Å². The van der Waals surface area contributed by atoms with Crippen LogP contribution in [0.5, 0.6) is 0 Å². The van der Waals surface area contributed by atoms with Crippen LogP contribution in [0.1, 0.15) is 53.7 Å². The highest BCUT2D eigenvalue weighted by atomic mass is 32.1. The minimum absolute atomic E-state index is 0.0278. The third-order valence-electron chi connectivity index (χ3n) is 7.46. The molecule has 1 saturated carbocycles. The summed E-state index contributed by atoms with van der Waals surface area (Å²) < 4.78 is 3.23. The standard InChI is InChI=1S/C29H29N7O3S/c1-18-4-6-21(7-5-18)28(37)34(15-22-17-40-19(2)31-22)27-24(29(38)39)16-36(33-27)23-10-8-20(9-11-23)25-14-26-30-12-3-13-35(26)32-25/h3,8-14,16-18,21H,4-7,15H2,1-2H3,(H,38,39). The first-order valence-corrected chi connectivity index (χ1v) is 14.2. The lowest BCUT2D eigenvalue weighted by molar-refractivity contribution is -0.123. The molecule has 0 aliphatic heterocycles. The molecular weight excluding hydrogens is 526 g/mol. The molecule has 0 radical (unpaired) electrons. The highest BCUT2D eigenvalue weighted by Gasteiger charge is 2.33. The summed E-state index contributed by atoms with van der Waals surface area (Å²) in [5.41, 5.74) is 3.77. The van der Waals surface area contributed by atoms with Crippen molar-refractivity contribution in [3.63, 3.8) is 0 Å². The maximum Gasteiger partial charge on any atom is 0.341 e. The van der Waals surface area contributed by atoms with Crippen LogP contribution in [-0.4, -0.2) is 46.3 Å². The predicted molar refractivity (Wildman–Crippen MR) is 152 cm³/mol. The fourth-order valence-corrected chi connectivity index (χ4v) is 5.83. The van der Waals surface area contributed by atoms with E-state index in [9.17, 15) is 14.7 Å². The minimum atomic E-state index is -1.14. The van der Waals surface area contributed by atoms with E-state index in [-0.39, 0.29) is 29.8 Å². The zero-order chi connectivity index (χ0) is 27.8. The van der Waals surface area contributed by atoms with E-state index in [0.717, 1.165) is 53.3 Å². The average Bonchev–Trinajstić information content (AvgIpc) is 3.70. The molecule has 1 N–H and O–H groups in total. The highest BCUT2D eigenvalue weighted by Crippen LogP contribution is 2.33. The van der Waals surface area contributed by atoms with Crippen LogP contribution < -0.4 is 4.90 Å². The van der Waals surface area contributed by atoms with Crippen LogP contribution in [0.15, 0.2) is 60.4 Å². The van der Waals surface area contributed by atoms with Gasteiger partial charge in [0.25, 0.3) is 0 Å². The van der Waals surface area contributed by atoms with E-state index >= 15 is 0 Å². The van der Waals surface area contributed by atoms with Gasteiger partial charge in [-0.2, -0.15) is 5.10 Å². The molecule has 5 aromatic rings. The Balaban J connectivity index is 1.34. The number of anilines is 1. The van der Waals surface area contributed by atoms with Crippen LogP contribution in [0.4, 0.5) is 5.82 Å². The second-order valence-electron chi connectivity index (χ2n) is 10.4. The Bertz CT molecular complexity index is 1650. The zero-order valence-corrected chi connectivity index (χ0v) is 23.1. The Labute approximate surface area is 234 Å². The van der Waals surface area contributed by atoms with Crippen LogP contribution in [0.25, 0.3) is 22.6 Å². The number of aromatic carboxylic acids is 1. The molecule has 1 amide bonds. The van der Waals surface area contributed by atoms with Crippen molar-refractivity contribution in [2.45, 2.75) is 46.1 Å². The lowest BCUT2D eigenvalue weighted by atomic mass is 9.82. The number of hydrogen-bond donors (Lipinski definition) is 1. The van der Waals surface area contributed by atoms with Crippen molar-refractivity contribution >= 4 is 34.7 Å². The number of carboxylic acids is 1. The van der Waals surface area contributed by atoms with E-state index in [1.54, 1.807) is 10.7 Å². The average molecular weight is 556 g/mol. The molecule has 1 aromatic carbocycles. The number of fused-ring (bicyclic) bond motifs is 1. The van der Waals surface area contributed by atoms with E-state index in [2.05, 4.69) is 27.1 Å². The summed E-state index contributed by atoms with van der Waals surface area (Å²) in [5, 5.41) is 22.1. The van der Waals surface area contributed by atoms with Crippen molar-refractivity contribution in [2.75, 3.05) is 4.90 Å². The van der Waals surface area contributed by atoms with E-state index < -0.39 is 5.97 Å². The SMILES string of the molecule is Cc1nc(CN(C(=O)C2CCC(C)CC2)c2nn(-c3ccc(-c4cc5ncccn5n4)cc3)cc2C(=O)O)cs1. The Hall–Kier alpha value is -4.38. The first kappa shape index (κ1) is 25.9. The molecule has 10 nitrogen and oxygen atoms in total. The predicted octanol–water partition coefficient (Wildman–Crippen LogP) is 5.40. The summed E-state index contributed by atoms with van der Waals surface area (Å²) in [4.78, 5) is 36.6. The molecule has 6 rings (SSSR count). The van der Waals surface area contributed by atoms with Crippen molar-refractivity contribution in [1.82, 2.24) is 29.4 Å². The van der Waals surface area contributed by atoms with Gasteiger partial charge in [-0.3, -0.25) is 9.69 Å².